The smallest absolute Gasteiger partial charge is 0.257 e. The van der Waals surface area contributed by atoms with E-state index in [-0.39, 0.29) is 12.4 Å². The highest BCUT2D eigenvalue weighted by Crippen LogP contribution is 2.29. The molecule has 7 nitrogen and oxygen atoms in total. The molecule has 0 radical (unpaired) electrons. The van der Waals surface area contributed by atoms with E-state index in [0.717, 1.165) is 16.9 Å². The van der Waals surface area contributed by atoms with Gasteiger partial charge in [0.25, 0.3) is 5.88 Å². The maximum atomic E-state index is 5.36. The summed E-state index contributed by atoms with van der Waals surface area (Å²) in [5.41, 5.74) is 7.26. The molecule has 0 aliphatic heterocycles. The third-order valence-corrected chi connectivity index (χ3v) is 2.61. The minimum absolute atomic E-state index is 0. The summed E-state index contributed by atoms with van der Waals surface area (Å²) < 4.78 is 10.6. The second-order valence-corrected chi connectivity index (χ2v) is 4.11. The van der Waals surface area contributed by atoms with Crippen LogP contribution in [-0.2, 0) is 0 Å². The van der Waals surface area contributed by atoms with Crippen molar-refractivity contribution in [3.63, 3.8) is 0 Å². The fraction of sp³-hybridized carbons (Fsp3) is 0.214. The molecule has 0 aliphatic rings. The van der Waals surface area contributed by atoms with Gasteiger partial charge in [0.1, 0.15) is 6.61 Å². The predicted octanol–water partition coefficient (Wildman–Crippen LogP) is 2.21. The number of H-pyrrole nitrogens is 1. The van der Waals surface area contributed by atoms with Crippen molar-refractivity contribution < 1.29 is 9.26 Å². The van der Waals surface area contributed by atoms with Gasteiger partial charge in [-0.15, -0.1) is 17.5 Å². The van der Waals surface area contributed by atoms with Crippen LogP contribution in [0.4, 0.5) is 0 Å². The Labute approximate surface area is 134 Å². The first kappa shape index (κ1) is 17.7. The number of nitrogens with zero attached hydrogens (tertiary/aromatic N) is 3. The summed E-state index contributed by atoms with van der Waals surface area (Å²) in [4.78, 5) is 0. The van der Waals surface area contributed by atoms with Crippen molar-refractivity contribution in [2.75, 3.05) is 13.2 Å². The number of aromatic amines is 1. The highest BCUT2D eigenvalue weighted by molar-refractivity contribution is 5.85. The van der Waals surface area contributed by atoms with Crippen molar-refractivity contribution in [3.05, 3.63) is 48.3 Å². The van der Waals surface area contributed by atoms with Crippen molar-refractivity contribution in [2.24, 2.45) is 5.73 Å². The third-order valence-electron chi connectivity index (χ3n) is 2.61. The van der Waals surface area contributed by atoms with Gasteiger partial charge >= 0.3 is 0 Å². The van der Waals surface area contributed by atoms with Crippen LogP contribution in [-0.4, -0.2) is 33.7 Å². The number of rotatable bonds is 4. The van der Waals surface area contributed by atoms with Crippen LogP contribution in [0, 0.1) is 6.92 Å². The molecule has 2 heterocycles. The molecule has 0 unspecified atom stereocenters. The van der Waals surface area contributed by atoms with E-state index in [1.165, 1.54) is 0 Å². The molecule has 22 heavy (non-hydrogen) atoms. The third kappa shape index (κ3) is 4.87. The lowest BCUT2D eigenvalue weighted by molar-refractivity contribution is 0.287. The number of halogens is 1. The molecule has 0 atom stereocenters. The van der Waals surface area contributed by atoms with E-state index in [2.05, 4.69) is 20.6 Å². The molecule has 0 fully saturated rings. The van der Waals surface area contributed by atoms with Crippen LogP contribution in [0.25, 0.3) is 11.3 Å². The van der Waals surface area contributed by atoms with Gasteiger partial charge in [-0.1, -0.05) is 35.5 Å². The lowest BCUT2D eigenvalue weighted by Crippen LogP contribution is -2.11. The molecule has 0 bridgehead atoms. The van der Waals surface area contributed by atoms with E-state index in [1.54, 1.807) is 12.4 Å². The number of hydrogen-bond donors (Lipinski definition) is 2. The number of nitrogens with two attached hydrogens (primary N) is 1. The maximum absolute atomic E-state index is 5.36. The van der Waals surface area contributed by atoms with Gasteiger partial charge in [-0.2, -0.15) is 0 Å². The zero-order chi connectivity index (χ0) is 14.9. The van der Waals surface area contributed by atoms with Gasteiger partial charge in [-0.05, 0) is 12.1 Å². The van der Waals surface area contributed by atoms with Gasteiger partial charge in [-0.3, -0.25) is 5.10 Å². The Morgan fingerprint density at radius 3 is 2.59 bits per heavy atom. The Morgan fingerprint density at radius 1 is 1.27 bits per heavy atom. The van der Waals surface area contributed by atoms with E-state index in [0.29, 0.717) is 19.0 Å². The summed E-state index contributed by atoms with van der Waals surface area (Å²) in [6.07, 6.45) is 3.24. The number of ether oxygens (including phenoxy) is 1. The SMILES string of the molecule is Cc1c(OCCN)noc1-c1ccccc1.Cl.c1c[nH]nn1. The molecule has 3 rings (SSSR count). The summed E-state index contributed by atoms with van der Waals surface area (Å²) in [7, 11) is 0. The van der Waals surface area contributed by atoms with Gasteiger partial charge in [0.15, 0.2) is 5.76 Å². The van der Waals surface area contributed by atoms with Crippen molar-refractivity contribution in [1.82, 2.24) is 20.6 Å². The molecule has 3 N–H and O–H groups in total. The van der Waals surface area contributed by atoms with E-state index in [1.807, 2.05) is 37.3 Å². The quantitative estimate of drug-likeness (QED) is 0.763. The van der Waals surface area contributed by atoms with Crippen LogP contribution in [0.1, 0.15) is 5.56 Å². The normalized spacial score (nSPS) is 9.36. The highest BCUT2D eigenvalue weighted by Gasteiger charge is 2.14. The molecule has 0 spiro atoms. The summed E-state index contributed by atoms with van der Waals surface area (Å²) >= 11 is 0. The molecule has 0 aliphatic carbocycles. The van der Waals surface area contributed by atoms with Gasteiger partial charge in [0.2, 0.25) is 0 Å². The number of benzene rings is 1. The summed E-state index contributed by atoms with van der Waals surface area (Å²) in [6.45, 7) is 2.83. The average molecular weight is 324 g/mol. The average Bonchev–Trinajstić information content (AvgIpc) is 3.20. The van der Waals surface area contributed by atoms with Crippen LogP contribution in [0.15, 0.2) is 47.2 Å². The molecule has 0 saturated heterocycles. The Bertz CT molecular complexity index is 611. The zero-order valence-corrected chi connectivity index (χ0v) is 12.9. The van der Waals surface area contributed by atoms with Crippen LogP contribution in [0.3, 0.4) is 0 Å². The van der Waals surface area contributed by atoms with Gasteiger partial charge in [0, 0.05) is 18.3 Å². The Morgan fingerprint density at radius 2 is 2.05 bits per heavy atom. The van der Waals surface area contributed by atoms with Gasteiger partial charge < -0.3 is 15.0 Å². The van der Waals surface area contributed by atoms with Crippen LogP contribution >= 0.6 is 12.4 Å². The molecule has 0 amide bonds. The van der Waals surface area contributed by atoms with E-state index in [4.69, 9.17) is 15.0 Å². The first-order chi connectivity index (χ1) is 10.3. The number of hydrogen-bond acceptors (Lipinski definition) is 6. The fourth-order valence-corrected chi connectivity index (χ4v) is 1.64. The van der Waals surface area contributed by atoms with Crippen molar-refractivity contribution in [1.29, 1.82) is 0 Å². The lowest BCUT2D eigenvalue weighted by atomic mass is 10.1. The predicted molar refractivity (Wildman–Crippen MR) is 84.9 cm³/mol. The van der Waals surface area contributed by atoms with E-state index >= 15 is 0 Å². The Kier molecular flexibility index (Phi) is 7.66. The second kappa shape index (κ2) is 9.54. The molecule has 118 valence electrons. The molecule has 8 heteroatoms. The van der Waals surface area contributed by atoms with E-state index < -0.39 is 0 Å². The second-order valence-electron chi connectivity index (χ2n) is 4.11. The van der Waals surface area contributed by atoms with Crippen LogP contribution in [0.5, 0.6) is 5.88 Å². The summed E-state index contributed by atoms with van der Waals surface area (Å²) in [6, 6.07) is 9.82. The molecule has 2 aromatic heterocycles. The maximum Gasteiger partial charge on any atom is 0.257 e. The molecular formula is C14H18ClN5O2. The van der Waals surface area contributed by atoms with Gasteiger partial charge in [0.05, 0.1) is 11.8 Å². The largest absolute Gasteiger partial charge is 0.474 e. The minimum Gasteiger partial charge on any atom is -0.474 e. The summed E-state index contributed by atoms with van der Waals surface area (Å²) in [5.74, 6) is 1.26. The van der Waals surface area contributed by atoms with E-state index in [9.17, 15) is 0 Å². The monoisotopic (exact) mass is 323 g/mol. The first-order valence-electron chi connectivity index (χ1n) is 6.48. The van der Waals surface area contributed by atoms with Crippen LogP contribution < -0.4 is 10.5 Å². The molecule has 0 saturated carbocycles. The van der Waals surface area contributed by atoms with Crippen molar-refractivity contribution in [2.45, 2.75) is 6.92 Å². The van der Waals surface area contributed by atoms with Crippen LogP contribution in [0.2, 0.25) is 0 Å². The lowest BCUT2D eigenvalue weighted by Gasteiger charge is -2.00. The van der Waals surface area contributed by atoms with Crippen molar-refractivity contribution >= 4 is 12.4 Å². The Balaban J connectivity index is 0.000000344. The molecule has 1 aromatic carbocycles. The topological polar surface area (TPSA) is 103 Å². The Hall–Kier alpha value is -2.38. The fourth-order valence-electron chi connectivity index (χ4n) is 1.64. The zero-order valence-electron chi connectivity index (χ0n) is 12.1. The van der Waals surface area contributed by atoms with Gasteiger partial charge in [-0.25, -0.2) is 0 Å². The first-order valence-corrected chi connectivity index (χ1v) is 6.48. The summed E-state index contributed by atoms with van der Waals surface area (Å²) in [5, 5.41) is 13.1. The molecular weight excluding hydrogens is 306 g/mol. The number of aromatic nitrogens is 4. The number of nitrogens with one attached hydrogen (secondary N) is 1. The highest BCUT2D eigenvalue weighted by atomic mass is 35.5. The molecule has 3 aromatic rings. The minimum atomic E-state index is 0. The van der Waals surface area contributed by atoms with Crippen molar-refractivity contribution in [3.8, 4) is 17.2 Å². The standard InChI is InChI=1S/C12H14N2O2.C2H3N3.ClH/c1-9-11(10-5-3-2-4-6-10)16-14-12(9)15-8-7-13;1-2-4-5-3-1;/h2-6H,7-8,13H2,1H3;1-2H,(H,3,4,5);1H.